The highest BCUT2D eigenvalue weighted by Gasteiger charge is 2.20. The Hall–Kier alpha value is -1.47. The number of aryl methyl sites for hydroxylation is 1. The Labute approximate surface area is 115 Å². The lowest BCUT2D eigenvalue weighted by atomic mass is 10.4. The van der Waals surface area contributed by atoms with Crippen LogP contribution in [0.1, 0.15) is 33.2 Å². The van der Waals surface area contributed by atoms with Gasteiger partial charge in [-0.15, -0.1) is 11.3 Å². The van der Waals surface area contributed by atoms with Crippen molar-refractivity contribution in [2.75, 3.05) is 13.1 Å². The molecule has 0 aromatic carbocycles. The van der Waals surface area contributed by atoms with Crippen molar-refractivity contribution in [3.05, 3.63) is 15.6 Å². The molecule has 0 unspecified atom stereocenters. The number of thiazole rings is 1. The second-order valence-electron chi connectivity index (χ2n) is 4.68. The van der Waals surface area contributed by atoms with Crippen molar-refractivity contribution >= 4 is 23.2 Å². The predicted octanol–water partition coefficient (Wildman–Crippen LogP) is 0.766. The summed E-state index contributed by atoms with van der Waals surface area (Å²) in [7, 11) is 0. The molecule has 3 N–H and O–H groups in total. The summed E-state index contributed by atoms with van der Waals surface area (Å²) in [4.78, 5) is 26.7. The van der Waals surface area contributed by atoms with E-state index in [1.165, 1.54) is 12.8 Å². The minimum atomic E-state index is -0.973. The summed E-state index contributed by atoms with van der Waals surface area (Å²) < 4.78 is 0. The first-order chi connectivity index (χ1) is 9.06. The van der Waals surface area contributed by atoms with Crippen LogP contribution in [0.3, 0.4) is 0 Å². The molecule has 0 radical (unpaired) electrons. The molecule has 1 aromatic rings. The van der Waals surface area contributed by atoms with E-state index in [2.05, 4.69) is 15.6 Å². The smallest absolute Gasteiger partial charge is 0.347 e. The highest BCUT2D eigenvalue weighted by molar-refractivity contribution is 7.13. The lowest BCUT2D eigenvalue weighted by Gasteiger charge is -2.04. The first-order valence-corrected chi connectivity index (χ1v) is 7.05. The number of carboxylic acid groups (broad SMARTS) is 1. The Morgan fingerprint density at radius 1 is 1.47 bits per heavy atom. The fourth-order valence-electron chi connectivity index (χ4n) is 1.67. The van der Waals surface area contributed by atoms with Crippen LogP contribution < -0.4 is 10.6 Å². The molecule has 0 spiro atoms. The van der Waals surface area contributed by atoms with E-state index in [0.29, 0.717) is 17.2 Å². The van der Waals surface area contributed by atoms with E-state index in [9.17, 15) is 9.59 Å². The second kappa shape index (κ2) is 6.12. The number of carbonyl (C=O) groups excluding carboxylic acids is 1. The van der Waals surface area contributed by atoms with Crippen molar-refractivity contribution in [2.45, 2.75) is 26.3 Å². The first-order valence-electron chi connectivity index (χ1n) is 6.23. The van der Waals surface area contributed by atoms with E-state index in [1.807, 2.05) is 0 Å². The van der Waals surface area contributed by atoms with Crippen LogP contribution >= 0.6 is 11.3 Å². The Bertz CT molecular complexity index is 483. The van der Waals surface area contributed by atoms with E-state index >= 15 is 0 Å². The molecule has 2 rings (SSSR count). The number of aromatic nitrogens is 1. The summed E-state index contributed by atoms with van der Waals surface area (Å²) in [6.07, 6.45) is 2.51. The summed E-state index contributed by atoms with van der Waals surface area (Å²) in [5.74, 6) is -0.323. The van der Waals surface area contributed by atoms with Crippen LogP contribution in [0.2, 0.25) is 0 Å². The fraction of sp³-hybridized carbons (Fsp3) is 0.583. The summed E-state index contributed by atoms with van der Waals surface area (Å²) >= 11 is 1.10. The van der Waals surface area contributed by atoms with Gasteiger partial charge in [0, 0.05) is 0 Å². The molecule has 0 saturated heterocycles. The van der Waals surface area contributed by atoms with Crippen molar-refractivity contribution in [3.8, 4) is 0 Å². The highest BCUT2D eigenvalue weighted by atomic mass is 32.1. The molecule has 0 aliphatic heterocycles. The molecule has 1 aliphatic rings. The molecule has 1 aromatic heterocycles. The van der Waals surface area contributed by atoms with Gasteiger partial charge in [-0.3, -0.25) is 4.79 Å². The minimum absolute atomic E-state index is 0.0922. The van der Waals surface area contributed by atoms with Gasteiger partial charge in [0.15, 0.2) is 0 Å². The molecular formula is C12H17N3O3S. The van der Waals surface area contributed by atoms with Crippen LogP contribution in [0, 0.1) is 12.8 Å². The van der Waals surface area contributed by atoms with Crippen LogP contribution in [-0.4, -0.2) is 35.1 Å². The topological polar surface area (TPSA) is 91.3 Å². The monoisotopic (exact) mass is 283 g/mol. The van der Waals surface area contributed by atoms with E-state index in [0.717, 1.165) is 23.8 Å². The maximum Gasteiger partial charge on any atom is 0.347 e. The fourth-order valence-corrected chi connectivity index (χ4v) is 2.52. The second-order valence-corrected chi connectivity index (χ2v) is 5.76. The Morgan fingerprint density at radius 2 is 2.21 bits per heavy atom. The molecule has 1 heterocycles. The van der Waals surface area contributed by atoms with Gasteiger partial charge >= 0.3 is 5.97 Å². The number of aromatic carboxylic acids is 1. The third-order valence-corrected chi connectivity index (χ3v) is 4.03. The van der Waals surface area contributed by atoms with E-state index in [-0.39, 0.29) is 17.3 Å². The zero-order chi connectivity index (χ0) is 13.8. The number of hydrogen-bond acceptors (Lipinski definition) is 5. The van der Waals surface area contributed by atoms with Crippen LogP contribution in [0.4, 0.5) is 0 Å². The molecule has 6 nitrogen and oxygen atoms in total. The Kier molecular flexibility index (Phi) is 4.49. The van der Waals surface area contributed by atoms with Gasteiger partial charge in [-0.1, -0.05) is 0 Å². The number of hydrogen-bond donors (Lipinski definition) is 3. The zero-order valence-electron chi connectivity index (χ0n) is 10.7. The zero-order valence-corrected chi connectivity index (χ0v) is 11.5. The van der Waals surface area contributed by atoms with Crippen molar-refractivity contribution < 1.29 is 14.7 Å². The minimum Gasteiger partial charge on any atom is -0.477 e. The molecular weight excluding hydrogens is 266 g/mol. The van der Waals surface area contributed by atoms with Gasteiger partial charge in [-0.2, -0.15) is 0 Å². The highest BCUT2D eigenvalue weighted by Crippen LogP contribution is 2.27. The number of rotatable bonds is 7. The van der Waals surface area contributed by atoms with Crippen LogP contribution in [-0.2, 0) is 11.3 Å². The van der Waals surface area contributed by atoms with Gasteiger partial charge in [0.25, 0.3) is 0 Å². The van der Waals surface area contributed by atoms with Crippen LogP contribution in [0.15, 0.2) is 0 Å². The molecule has 1 saturated carbocycles. The molecule has 1 amide bonds. The standard InChI is InChI=1S/C12H17N3O3S/c1-7-11(12(17)18)19-10(15-7)6-14-9(16)5-13-4-8-2-3-8/h8,13H,2-6H2,1H3,(H,14,16)(H,17,18). The summed E-state index contributed by atoms with van der Waals surface area (Å²) in [6, 6.07) is 0. The maximum atomic E-state index is 11.5. The van der Waals surface area contributed by atoms with E-state index in [4.69, 9.17) is 5.11 Å². The molecule has 1 fully saturated rings. The number of carboxylic acids is 1. The molecule has 0 atom stereocenters. The van der Waals surface area contributed by atoms with Crippen LogP contribution in [0.25, 0.3) is 0 Å². The number of nitrogens with zero attached hydrogens (tertiary/aromatic N) is 1. The number of amides is 1. The van der Waals surface area contributed by atoms with Crippen molar-refractivity contribution in [1.82, 2.24) is 15.6 Å². The number of nitrogens with one attached hydrogen (secondary N) is 2. The van der Waals surface area contributed by atoms with Gasteiger partial charge in [0.1, 0.15) is 9.88 Å². The lowest BCUT2D eigenvalue weighted by molar-refractivity contribution is -0.120. The Balaban J connectivity index is 1.72. The largest absolute Gasteiger partial charge is 0.477 e. The lowest BCUT2D eigenvalue weighted by Crippen LogP contribution is -2.34. The third-order valence-electron chi connectivity index (χ3n) is 2.89. The van der Waals surface area contributed by atoms with E-state index in [1.54, 1.807) is 6.92 Å². The average molecular weight is 283 g/mol. The summed E-state index contributed by atoms with van der Waals surface area (Å²) in [6.45, 7) is 3.13. The quantitative estimate of drug-likeness (QED) is 0.687. The van der Waals surface area contributed by atoms with Gasteiger partial charge < -0.3 is 15.7 Å². The molecule has 19 heavy (non-hydrogen) atoms. The normalized spacial score (nSPS) is 14.4. The maximum absolute atomic E-state index is 11.5. The van der Waals surface area contributed by atoms with E-state index < -0.39 is 5.97 Å². The van der Waals surface area contributed by atoms with Crippen molar-refractivity contribution in [1.29, 1.82) is 0 Å². The summed E-state index contributed by atoms with van der Waals surface area (Å²) in [5.41, 5.74) is 0.494. The van der Waals surface area contributed by atoms with Crippen molar-refractivity contribution in [2.24, 2.45) is 5.92 Å². The third kappa shape index (κ3) is 4.29. The molecule has 7 heteroatoms. The van der Waals surface area contributed by atoms with Gasteiger partial charge in [-0.05, 0) is 32.2 Å². The predicted molar refractivity (Wildman–Crippen MR) is 71.3 cm³/mol. The Morgan fingerprint density at radius 3 is 2.79 bits per heavy atom. The molecule has 1 aliphatic carbocycles. The molecule has 104 valence electrons. The molecule has 0 bridgehead atoms. The number of carbonyl (C=O) groups is 2. The SMILES string of the molecule is Cc1nc(CNC(=O)CNCC2CC2)sc1C(=O)O. The van der Waals surface area contributed by atoms with Gasteiger partial charge in [0.05, 0.1) is 18.8 Å². The van der Waals surface area contributed by atoms with Gasteiger partial charge in [0.2, 0.25) is 5.91 Å². The summed E-state index contributed by atoms with van der Waals surface area (Å²) in [5, 5.41) is 15.3. The van der Waals surface area contributed by atoms with Crippen LogP contribution in [0.5, 0.6) is 0 Å². The van der Waals surface area contributed by atoms with Crippen molar-refractivity contribution in [3.63, 3.8) is 0 Å². The first kappa shape index (κ1) is 14.0. The average Bonchev–Trinajstić information content (AvgIpc) is 3.08. The van der Waals surface area contributed by atoms with Gasteiger partial charge in [-0.25, -0.2) is 9.78 Å².